The summed E-state index contributed by atoms with van der Waals surface area (Å²) in [5, 5.41) is 7.61. The molecule has 2 aromatic rings. The summed E-state index contributed by atoms with van der Waals surface area (Å²) in [5.41, 5.74) is 1.06. The number of aromatic nitrogens is 2. The summed E-state index contributed by atoms with van der Waals surface area (Å²) >= 11 is 0. The van der Waals surface area contributed by atoms with Gasteiger partial charge in [-0.2, -0.15) is 5.10 Å². The van der Waals surface area contributed by atoms with E-state index in [4.69, 9.17) is 4.42 Å². The molecule has 2 rings (SSSR count). The Balaban J connectivity index is 1.89. The topological polar surface area (TPSA) is 43.0 Å². The van der Waals surface area contributed by atoms with Gasteiger partial charge in [-0.3, -0.25) is 4.68 Å². The summed E-state index contributed by atoms with van der Waals surface area (Å²) in [6, 6.07) is 4.24. The van der Waals surface area contributed by atoms with Crippen LogP contribution in [0.15, 0.2) is 35.2 Å². The quantitative estimate of drug-likeness (QED) is 0.840. The summed E-state index contributed by atoms with van der Waals surface area (Å²) in [6.07, 6.45) is 6.45. The van der Waals surface area contributed by atoms with Crippen LogP contribution in [0.5, 0.6) is 0 Å². The number of rotatable bonds is 5. The highest BCUT2D eigenvalue weighted by molar-refractivity contribution is 5.39. The lowest BCUT2D eigenvalue weighted by molar-refractivity contribution is 0.498. The number of hydrogen-bond donors (Lipinski definition) is 1. The molecule has 2 aromatic heterocycles. The van der Waals surface area contributed by atoms with Crippen molar-refractivity contribution in [3.63, 3.8) is 0 Å². The van der Waals surface area contributed by atoms with E-state index in [0.29, 0.717) is 6.04 Å². The Hall–Kier alpha value is -1.71. The lowest BCUT2D eigenvalue weighted by atomic mass is 10.2. The Morgan fingerprint density at radius 3 is 3.06 bits per heavy atom. The smallest absolute Gasteiger partial charge is 0.105 e. The highest BCUT2D eigenvalue weighted by Crippen LogP contribution is 2.10. The lowest BCUT2D eigenvalue weighted by Gasteiger charge is -2.11. The van der Waals surface area contributed by atoms with Crippen molar-refractivity contribution in [3.05, 3.63) is 36.5 Å². The molecular formula is C12H17N3O. The average Bonchev–Trinajstić information content (AvgIpc) is 2.89. The van der Waals surface area contributed by atoms with Gasteiger partial charge in [-0.1, -0.05) is 0 Å². The average molecular weight is 219 g/mol. The van der Waals surface area contributed by atoms with E-state index in [1.54, 1.807) is 6.26 Å². The van der Waals surface area contributed by atoms with Crippen LogP contribution in [-0.2, 0) is 13.0 Å². The van der Waals surface area contributed by atoms with Gasteiger partial charge in [0.2, 0.25) is 0 Å². The van der Waals surface area contributed by atoms with Gasteiger partial charge in [-0.15, -0.1) is 0 Å². The number of aryl methyl sites for hydroxylation is 1. The Bertz CT molecular complexity index is 419. The molecule has 0 spiro atoms. The Kier molecular flexibility index (Phi) is 3.29. The molecule has 4 nitrogen and oxygen atoms in total. The zero-order chi connectivity index (χ0) is 11.4. The predicted octanol–water partition coefficient (Wildman–Crippen LogP) is 2.54. The Morgan fingerprint density at radius 2 is 2.44 bits per heavy atom. The molecule has 0 aliphatic heterocycles. The summed E-state index contributed by atoms with van der Waals surface area (Å²) < 4.78 is 7.21. The van der Waals surface area contributed by atoms with Crippen LogP contribution in [-0.4, -0.2) is 15.8 Å². The molecule has 86 valence electrons. The number of nitrogens with one attached hydrogen (secondary N) is 1. The van der Waals surface area contributed by atoms with Crippen molar-refractivity contribution >= 4 is 5.69 Å². The number of nitrogens with zero attached hydrogens (tertiary/aromatic N) is 2. The fourth-order valence-corrected chi connectivity index (χ4v) is 1.68. The van der Waals surface area contributed by atoms with Gasteiger partial charge in [-0.05, 0) is 26.0 Å². The molecule has 1 unspecified atom stereocenters. The van der Waals surface area contributed by atoms with E-state index in [1.165, 1.54) is 0 Å². The maximum absolute atomic E-state index is 5.31. The maximum atomic E-state index is 5.31. The molecule has 0 radical (unpaired) electrons. The van der Waals surface area contributed by atoms with Gasteiger partial charge in [0.05, 0.1) is 18.1 Å². The van der Waals surface area contributed by atoms with Gasteiger partial charge >= 0.3 is 0 Å². The Morgan fingerprint density at radius 1 is 1.56 bits per heavy atom. The second-order valence-electron chi connectivity index (χ2n) is 3.91. The summed E-state index contributed by atoms with van der Waals surface area (Å²) in [6.45, 7) is 5.10. The zero-order valence-electron chi connectivity index (χ0n) is 9.68. The summed E-state index contributed by atoms with van der Waals surface area (Å²) in [5.74, 6) is 1.00. The second-order valence-corrected chi connectivity index (χ2v) is 3.91. The molecule has 0 amide bonds. The molecule has 0 aliphatic rings. The highest BCUT2D eigenvalue weighted by Gasteiger charge is 2.06. The van der Waals surface area contributed by atoms with Gasteiger partial charge < -0.3 is 9.73 Å². The van der Waals surface area contributed by atoms with E-state index in [2.05, 4.69) is 24.3 Å². The van der Waals surface area contributed by atoms with E-state index in [-0.39, 0.29) is 0 Å². The van der Waals surface area contributed by atoms with E-state index in [0.717, 1.165) is 24.4 Å². The highest BCUT2D eigenvalue weighted by atomic mass is 16.3. The van der Waals surface area contributed by atoms with Crippen LogP contribution >= 0.6 is 0 Å². The van der Waals surface area contributed by atoms with Gasteiger partial charge in [0.25, 0.3) is 0 Å². The number of anilines is 1. The molecule has 0 bridgehead atoms. The Labute approximate surface area is 95.3 Å². The van der Waals surface area contributed by atoms with Gasteiger partial charge in [0, 0.05) is 25.2 Å². The van der Waals surface area contributed by atoms with Crippen LogP contribution in [0.4, 0.5) is 5.69 Å². The second kappa shape index (κ2) is 4.88. The first-order valence-electron chi connectivity index (χ1n) is 5.59. The number of hydrogen-bond acceptors (Lipinski definition) is 3. The molecule has 1 atom stereocenters. The maximum Gasteiger partial charge on any atom is 0.105 e. The van der Waals surface area contributed by atoms with Crippen molar-refractivity contribution in [2.75, 3.05) is 5.32 Å². The van der Waals surface area contributed by atoms with E-state index in [9.17, 15) is 0 Å². The van der Waals surface area contributed by atoms with Crippen molar-refractivity contribution in [2.45, 2.75) is 32.9 Å². The molecule has 4 heteroatoms. The van der Waals surface area contributed by atoms with Crippen LogP contribution in [0.25, 0.3) is 0 Å². The normalized spacial score (nSPS) is 12.6. The molecule has 16 heavy (non-hydrogen) atoms. The van der Waals surface area contributed by atoms with Gasteiger partial charge in [0.1, 0.15) is 5.76 Å². The van der Waals surface area contributed by atoms with E-state index >= 15 is 0 Å². The standard InChI is InChI=1S/C12H17N3O/c1-3-15-9-11(8-13-15)14-10(2)7-12-5-4-6-16-12/h4-6,8-10,14H,3,7H2,1-2H3. The van der Waals surface area contributed by atoms with Crippen LogP contribution < -0.4 is 5.32 Å². The monoisotopic (exact) mass is 219 g/mol. The van der Waals surface area contributed by atoms with Crippen LogP contribution in [0.2, 0.25) is 0 Å². The van der Waals surface area contributed by atoms with Crippen molar-refractivity contribution < 1.29 is 4.42 Å². The zero-order valence-corrected chi connectivity index (χ0v) is 9.68. The van der Waals surface area contributed by atoms with Crippen LogP contribution in [0.1, 0.15) is 19.6 Å². The molecule has 0 saturated carbocycles. The van der Waals surface area contributed by atoms with E-state index < -0.39 is 0 Å². The van der Waals surface area contributed by atoms with E-state index in [1.807, 2.05) is 29.2 Å². The first kappa shape index (κ1) is 10.8. The first-order valence-corrected chi connectivity index (χ1v) is 5.59. The van der Waals surface area contributed by atoms with Crippen LogP contribution in [0.3, 0.4) is 0 Å². The third-order valence-electron chi connectivity index (χ3n) is 2.46. The van der Waals surface area contributed by atoms with Gasteiger partial charge in [0.15, 0.2) is 0 Å². The van der Waals surface area contributed by atoms with Crippen molar-refractivity contribution in [3.8, 4) is 0 Å². The molecular weight excluding hydrogens is 202 g/mol. The fraction of sp³-hybridized carbons (Fsp3) is 0.417. The number of furan rings is 1. The third kappa shape index (κ3) is 2.66. The first-order chi connectivity index (χ1) is 7.78. The van der Waals surface area contributed by atoms with Crippen molar-refractivity contribution in [1.82, 2.24) is 9.78 Å². The largest absolute Gasteiger partial charge is 0.469 e. The third-order valence-corrected chi connectivity index (χ3v) is 2.46. The minimum atomic E-state index is 0.334. The fourth-order valence-electron chi connectivity index (χ4n) is 1.68. The minimum Gasteiger partial charge on any atom is -0.469 e. The summed E-state index contributed by atoms with van der Waals surface area (Å²) in [4.78, 5) is 0. The molecule has 0 aliphatic carbocycles. The minimum absolute atomic E-state index is 0.334. The SMILES string of the molecule is CCn1cc(NC(C)Cc2ccco2)cn1. The van der Waals surface area contributed by atoms with Crippen molar-refractivity contribution in [1.29, 1.82) is 0 Å². The summed E-state index contributed by atoms with van der Waals surface area (Å²) in [7, 11) is 0. The van der Waals surface area contributed by atoms with Gasteiger partial charge in [-0.25, -0.2) is 0 Å². The molecule has 0 saturated heterocycles. The van der Waals surface area contributed by atoms with Crippen LogP contribution in [0, 0.1) is 0 Å². The predicted molar refractivity (Wildman–Crippen MR) is 63.4 cm³/mol. The molecule has 0 fully saturated rings. The lowest BCUT2D eigenvalue weighted by Crippen LogP contribution is -2.17. The molecule has 2 heterocycles. The van der Waals surface area contributed by atoms with Crippen molar-refractivity contribution in [2.24, 2.45) is 0 Å². The molecule has 1 N–H and O–H groups in total. The molecule has 0 aromatic carbocycles.